The fourth-order valence-corrected chi connectivity index (χ4v) is 2.50. The third-order valence-electron chi connectivity index (χ3n) is 3.83. The second-order valence-corrected chi connectivity index (χ2v) is 5.71. The number of thiocarbonyl (C=S) groups is 1. The predicted molar refractivity (Wildman–Crippen MR) is 76.7 cm³/mol. The van der Waals surface area contributed by atoms with Crippen LogP contribution in [0.1, 0.15) is 25.8 Å². The van der Waals surface area contributed by atoms with Crippen LogP contribution in [0.25, 0.3) is 0 Å². The Morgan fingerprint density at radius 2 is 2.33 bits per heavy atom. The zero-order valence-electron chi connectivity index (χ0n) is 10.9. The maximum atomic E-state index is 5.61. The fourth-order valence-electron chi connectivity index (χ4n) is 2.37. The summed E-state index contributed by atoms with van der Waals surface area (Å²) >= 11 is 4.96. The zero-order valence-corrected chi connectivity index (χ0v) is 11.8. The Bertz CT molecular complexity index is 461. The molecule has 4 nitrogen and oxygen atoms in total. The van der Waals surface area contributed by atoms with E-state index in [1.165, 1.54) is 0 Å². The molecule has 0 bridgehead atoms. The number of aromatic nitrogens is 1. The van der Waals surface area contributed by atoms with Crippen molar-refractivity contribution in [2.24, 2.45) is 11.1 Å². The average Bonchev–Trinajstić information content (AvgIpc) is 2.34. The molecule has 1 aromatic heterocycles. The molecule has 0 aliphatic heterocycles. The minimum atomic E-state index is 0.107. The van der Waals surface area contributed by atoms with Gasteiger partial charge < -0.3 is 15.8 Å². The van der Waals surface area contributed by atoms with Crippen LogP contribution in [-0.2, 0) is 4.74 Å². The Morgan fingerprint density at radius 1 is 1.61 bits per heavy atom. The summed E-state index contributed by atoms with van der Waals surface area (Å²) in [5, 5.41) is 3.42. The Hall–Kier alpha value is -1.20. The highest BCUT2D eigenvalue weighted by Crippen LogP contribution is 2.43. The Balaban J connectivity index is 2.07. The minimum Gasteiger partial charge on any atom is -0.389 e. The highest BCUT2D eigenvalue weighted by atomic mass is 32.1. The minimum absolute atomic E-state index is 0.107. The van der Waals surface area contributed by atoms with E-state index < -0.39 is 0 Å². The summed E-state index contributed by atoms with van der Waals surface area (Å²) in [6, 6.07) is 4.06. The van der Waals surface area contributed by atoms with E-state index >= 15 is 0 Å². The number of hydrogen-bond acceptors (Lipinski definition) is 4. The molecule has 0 radical (unpaired) electrons. The molecule has 18 heavy (non-hydrogen) atoms. The molecule has 3 N–H and O–H groups in total. The second kappa shape index (κ2) is 4.82. The molecule has 0 aromatic carbocycles. The van der Waals surface area contributed by atoms with Crippen LogP contribution in [0.15, 0.2) is 18.3 Å². The van der Waals surface area contributed by atoms with Gasteiger partial charge in [0.15, 0.2) is 0 Å². The quantitative estimate of drug-likeness (QED) is 0.815. The van der Waals surface area contributed by atoms with Crippen LogP contribution >= 0.6 is 12.2 Å². The van der Waals surface area contributed by atoms with Crippen molar-refractivity contribution in [3.05, 3.63) is 23.9 Å². The molecule has 2 atom stereocenters. The van der Waals surface area contributed by atoms with Crippen LogP contribution < -0.4 is 11.1 Å². The molecular formula is C13H19N3OS. The van der Waals surface area contributed by atoms with Gasteiger partial charge in [-0.05, 0) is 18.6 Å². The molecule has 1 fully saturated rings. The topological polar surface area (TPSA) is 60.2 Å². The van der Waals surface area contributed by atoms with Gasteiger partial charge in [0.1, 0.15) is 10.8 Å². The van der Waals surface area contributed by atoms with Crippen molar-refractivity contribution in [2.75, 3.05) is 12.4 Å². The van der Waals surface area contributed by atoms with Crippen molar-refractivity contribution >= 4 is 23.0 Å². The van der Waals surface area contributed by atoms with E-state index in [1.54, 1.807) is 13.3 Å². The van der Waals surface area contributed by atoms with Crippen LogP contribution in [0.3, 0.4) is 0 Å². The number of rotatable bonds is 4. The first-order chi connectivity index (χ1) is 8.45. The van der Waals surface area contributed by atoms with Crippen LogP contribution in [0.2, 0.25) is 0 Å². The van der Waals surface area contributed by atoms with Gasteiger partial charge >= 0.3 is 0 Å². The van der Waals surface area contributed by atoms with Gasteiger partial charge in [-0.3, -0.25) is 0 Å². The van der Waals surface area contributed by atoms with Crippen molar-refractivity contribution < 1.29 is 4.74 Å². The fraction of sp³-hybridized carbons (Fsp3) is 0.538. The maximum Gasteiger partial charge on any atom is 0.126 e. The van der Waals surface area contributed by atoms with E-state index in [2.05, 4.69) is 24.1 Å². The summed E-state index contributed by atoms with van der Waals surface area (Å²) in [4.78, 5) is 4.68. The molecule has 2 unspecified atom stereocenters. The summed E-state index contributed by atoms with van der Waals surface area (Å²) in [7, 11) is 1.76. The number of nitrogens with zero attached hydrogens (tertiary/aromatic N) is 1. The molecule has 1 saturated carbocycles. The van der Waals surface area contributed by atoms with Gasteiger partial charge in [-0.1, -0.05) is 26.1 Å². The van der Waals surface area contributed by atoms with Gasteiger partial charge in [0.25, 0.3) is 0 Å². The molecule has 98 valence electrons. The first-order valence-electron chi connectivity index (χ1n) is 6.00. The lowest BCUT2D eigenvalue weighted by Gasteiger charge is -2.51. The molecule has 0 saturated heterocycles. The summed E-state index contributed by atoms with van der Waals surface area (Å²) in [5.41, 5.74) is 6.56. The van der Waals surface area contributed by atoms with Gasteiger partial charge in [-0.2, -0.15) is 0 Å². The molecular weight excluding hydrogens is 246 g/mol. The van der Waals surface area contributed by atoms with E-state index in [-0.39, 0.29) is 5.41 Å². The van der Waals surface area contributed by atoms with Crippen molar-refractivity contribution in [3.8, 4) is 0 Å². The standard InChI is InChI=1S/C13H19N3OS/c1-13(2)9(7-10(13)17-3)16-11-6-8(12(14)18)4-5-15-11/h4-6,9-10H,7H2,1-3H3,(H2,14,18)(H,15,16). The number of pyridine rings is 1. The first kappa shape index (κ1) is 13.2. The average molecular weight is 265 g/mol. The van der Waals surface area contributed by atoms with E-state index in [9.17, 15) is 0 Å². The lowest BCUT2D eigenvalue weighted by atomic mass is 9.64. The Kier molecular flexibility index (Phi) is 3.54. The van der Waals surface area contributed by atoms with Crippen molar-refractivity contribution in [1.82, 2.24) is 4.98 Å². The van der Waals surface area contributed by atoms with Gasteiger partial charge in [-0.15, -0.1) is 0 Å². The lowest BCUT2D eigenvalue weighted by molar-refractivity contribution is -0.0795. The molecule has 1 aliphatic rings. The van der Waals surface area contributed by atoms with Crippen LogP contribution in [0.5, 0.6) is 0 Å². The number of nitrogens with one attached hydrogen (secondary N) is 1. The van der Waals surface area contributed by atoms with Crippen molar-refractivity contribution in [2.45, 2.75) is 32.4 Å². The second-order valence-electron chi connectivity index (χ2n) is 5.27. The largest absolute Gasteiger partial charge is 0.389 e. The highest BCUT2D eigenvalue weighted by molar-refractivity contribution is 7.80. The van der Waals surface area contributed by atoms with E-state index in [0.29, 0.717) is 17.1 Å². The maximum absolute atomic E-state index is 5.61. The highest BCUT2D eigenvalue weighted by Gasteiger charge is 2.48. The third kappa shape index (κ3) is 2.33. The van der Waals surface area contributed by atoms with Crippen LogP contribution in [0, 0.1) is 5.41 Å². The number of ether oxygens (including phenoxy) is 1. The van der Waals surface area contributed by atoms with Crippen LogP contribution in [-0.4, -0.2) is 29.2 Å². The van der Waals surface area contributed by atoms with Crippen LogP contribution in [0.4, 0.5) is 5.82 Å². The molecule has 1 heterocycles. The van der Waals surface area contributed by atoms with Gasteiger partial charge in [-0.25, -0.2) is 4.98 Å². The molecule has 5 heteroatoms. The normalized spacial score (nSPS) is 25.3. The summed E-state index contributed by atoms with van der Waals surface area (Å²) < 4.78 is 5.43. The third-order valence-corrected chi connectivity index (χ3v) is 4.06. The Morgan fingerprint density at radius 3 is 2.89 bits per heavy atom. The monoisotopic (exact) mass is 265 g/mol. The van der Waals surface area contributed by atoms with Crippen molar-refractivity contribution in [1.29, 1.82) is 0 Å². The predicted octanol–water partition coefficient (Wildman–Crippen LogP) is 1.94. The number of hydrogen-bond donors (Lipinski definition) is 2. The van der Waals surface area contributed by atoms with E-state index in [0.717, 1.165) is 17.8 Å². The molecule has 0 spiro atoms. The molecule has 2 rings (SSSR count). The molecule has 1 aromatic rings. The van der Waals surface area contributed by atoms with Gasteiger partial charge in [0.05, 0.1) is 6.10 Å². The zero-order chi connectivity index (χ0) is 13.3. The molecule has 0 amide bonds. The van der Waals surface area contributed by atoms with Gasteiger partial charge in [0.2, 0.25) is 0 Å². The lowest BCUT2D eigenvalue weighted by Crippen LogP contribution is -2.57. The SMILES string of the molecule is COC1CC(Nc2cc(C(N)=S)ccn2)C1(C)C. The van der Waals surface area contributed by atoms with E-state index in [1.807, 2.05) is 12.1 Å². The summed E-state index contributed by atoms with van der Waals surface area (Å²) in [6.45, 7) is 4.39. The summed E-state index contributed by atoms with van der Waals surface area (Å²) in [5.74, 6) is 0.813. The molecule has 1 aliphatic carbocycles. The van der Waals surface area contributed by atoms with Gasteiger partial charge in [0, 0.05) is 30.3 Å². The number of anilines is 1. The van der Waals surface area contributed by atoms with E-state index in [4.69, 9.17) is 22.7 Å². The van der Waals surface area contributed by atoms with Crippen molar-refractivity contribution in [3.63, 3.8) is 0 Å². The smallest absolute Gasteiger partial charge is 0.126 e. The first-order valence-corrected chi connectivity index (χ1v) is 6.41. The Labute approximate surface area is 113 Å². The number of methoxy groups -OCH3 is 1. The number of nitrogens with two attached hydrogens (primary N) is 1. The summed E-state index contributed by atoms with van der Waals surface area (Å²) in [6.07, 6.45) is 3.01.